The number of rotatable bonds is 5. The van der Waals surface area contributed by atoms with Crippen molar-refractivity contribution in [2.24, 2.45) is 0 Å². The van der Waals surface area contributed by atoms with Gasteiger partial charge in [-0.15, -0.1) is 0 Å². The quantitative estimate of drug-likeness (QED) is 0.676. The van der Waals surface area contributed by atoms with Gasteiger partial charge >= 0.3 is 0 Å². The van der Waals surface area contributed by atoms with Gasteiger partial charge in [-0.05, 0) is 41.0 Å². The Morgan fingerprint density at radius 1 is 0.889 bits per heavy atom. The second-order valence-electron chi connectivity index (χ2n) is 6.79. The van der Waals surface area contributed by atoms with Gasteiger partial charge in [0.25, 0.3) is 0 Å². The van der Waals surface area contributed by atoms with Crippen molar-refractivity contribution in [1.29, 1.82) is 0 Å². The van der Waals surface area contributed by atoms with Gasteiger partial charge in [0, 0.05) is 49.4 Å². The molecule has 1 aliphatic heterocycles. The minimum atomic E-state index is -0.412. The molecular weight excluding hydrogens is 358 g/mol. The van der Waals surface area contributed by atoms with Crippen LogP contribution in [0, 0.1) is 0 Å². The van der Waals surface area contributed by atoms with Gasteiger partial charge in [-0.25, -0.2) is 0 Å². The van der Waals surface area contributed by atoms with E-state index in [9.17, 15) is 0 Å². The number of benzene rings is 1. The Kier molecular flexibility index (Phi) is 5.48. The van der Waals surface area contributed by atoms with Crippen LogP contribution in [0.5, 0.6) is 0 Å². The molecule has 0 saturated carbocycles. The second-order valence-corrected chi connectivity index (χ2v) is 7.22. The molecule has 138 valence electrons. The van der Waals surface area contributed by atoms with Crippen molar-refractivity contribution >= 4 is 11.6 Å². The van der Waals surface area contributed by atoms with E-state index < -0.39 is 5.41 Å². The second kappa shape index (κ2) is 8.17. The smallest absolute Gasteiger partial charge is 0.0608 e. The Balaban J connectivity index is 1.93. The molecule has 0 spiro atoms. The molecule has 2 aromatic heterocycles. The average molecular weight is 380 g/mol. The normalized spacial score (nSPS) is 15.6. The third-order valence-corrected chi connectivity index (χ3v) is 5.43. The third-order valence-electron chi connectivity index (χ3n) is 5.19. The minimum Gasteiger partial charge on any atom is -0.379 e. The summed E-state index contributed by atoms with van der Waals surface area (Å²) in [5.41, 5.74) is 2.99. The number of hydrogen-bond acceptors (Lipinski definition) is 4. The highest BCUT2D eigenvalue weighted by molar-refractivity contribution is 6.30. The minimum absolute atomic E-state index is 0.412. The predicted molar refractivity (Wildman–Crippen MR) is 107 cm³/mol. The Morgan fingerprint density at radius 3 is 2.07 bits per heavy atom. The summed E-state index contributed by atoms with van der Waals surface area (Å²) in [5, 5.41) is 0.728. The van der Waals surface area contributed by atoms with Crippen molar-refractivity contribution < 1.29 is 4.74 Å². The summed E-state index contributed by atoms with van der Waals surface area (Å²) in [5.74, 6) is 0. The lowest BCUT2D eigenvalue weighted by atomic mass is 9.70. The van der Waals surface area contributed by atoms with Gasteiger partial charge in [0.15, 0.2) is 0 Å². The molecule has 1 aliphatic rings. The summed E-state index contributed by atoms with van der Waals surface area (Å²) < 4.78 is 5.56. The maximum Gasteiger partial charge on any atom is 0.0608 e. The van der Waals surface area contributed by atoms with Crippen LogP contribution in [0.3, 0.4) is 0 Å². The fraction of sp³-hybridized carbons (Fsp3) is 0.273. The molecule has 0 bridgehead atoms. The van der Waals surface area contributed by atoms with Crippen molar-refractivity contribution in [3.63, 3.8) is 0 Å². The van der Waals surface area contributed by atoms with Crippen LogP contribution in [-0.2, 0) is 10.2 Å². The van der Waals surface area contributed by atoms with E-state index >= 15 is 0 Å². The Bertz CT molecular complexity index is 827. The van der Waals surface area contributed by atoms with E-state index in [2.05, 4.69) is 39.1 Å². The predicted octanol–water partition coefficient (Wildman–Crippen LogP) is 3.80. The van der Waals surface area contributed by atoms with E-state index in [1.54, 1.807) is 0 Å². The molecule has 1 aromatic carbocycles. The summed E-state index contributed by atoms with van der Waals surface area (Å²) >= 11 is 6.40. The van der Waals surface area contributed by atoms with Crippen molar-refractivity contribution in [2.45, 2.75) is 5.41 Å². The van der Waals surface area contributed by atoms with Crippen LogP contribution < -0.4 is 0 Å². The monoisotopic (exact) mass is 379 g/mol. The van der Waals surface area contributed by atoms with Crippen LogP contribution in [0.25, 0.3) is 0 Å². The first kappa shape index (κ1) is 18.1. The van der Waals surface area contributed by atoms with Crippen molar-refractivity contribution in [2.75, 3.05) is 32.8 Å². The lowest BCUT2D eigenvalue weighted by molar-refractivity contribution is 0.0323. The van der Waals surface area contributed by atoms with Crippen LogP contribution >= 0.6 is 11.6 Å². The third kappa shape index (κ3) is 3.74. The first-order chi connectivity index (χ1) is 13.3. The first-order valence-electron chi connectivity index (χ1n) is 9.16. The highest BCUT2D eigenvalue weighted by Gasteiger charge is 2.39. The molecule has 0 aliphatic carbocycles. The van der Waals surface area contributed by atoms with E-state index in [1.165, 1.54) is 0 Å². The molecule has 1 fully saturated rings. The number of aromatic nitrogens is 2. The van der Waals surface area contributed by atoms with E-state index in [1.807, 2.05) is 49.1 Å². The van der Waals surface area contributed by atoms with Gasteiger partial charge < -0.3 is 4.74 Å². The fourth-order valence-electron chi connectivity index (χ4n) is 3.85. The lowest BCUT2D eigenvalue weighted by Crippen LogP contribution is -2.47. The van der Waals surface area contributed by atoms with Gasteiger partial charge in [0.2, 0.25) is 0 Å². The zero-order valence-electron chi connectivity index (χ0n) is 15.1. The van der Waals surface area contributed by atoms with Gasteiger partial charge in [-0.2, -0.15) is 0 Å². The number of nitrogens with zero attached hydrogens (tertiary/aromatic N) is 3. The van der Waals surface area contributed by atoms with Crippen LogP contribution in [0.4, 0.5) is 0 Å². The van der Waals surface area contributed by atoms with Crippen LogP contribution in [0.1, 0.15) is 16.7 Å². The average Bonchev–Trinajstić information content (AvgIpc) is 2.74. The maximum absolute atomic E-state index is 6.40. The van der Waals surface area contributed by atoms with Crippen molar-refractivity contribution in [3.05, 3.63) is 95.0 Å². The van der Waals surface area contributed by atoms with Crippen molar-refractivity contribution in [3.8, 4) is 0 Å². The van der Waals surface area contributed by atoms with Crippen LogP contribution in [0.2, 0.25) is 5.02 Å². The van der Waals surface area contributed by atoms with Crippen molar-refractivity contribution in [1.82, 2.24) is 14.9 Å². The van der Waals surface area contributed by atoms with Crippen LogP contribution in [0.15, 0.2) is 73.3 Å². The molecule has 4 rings (SSSR count). The zero-order chi connectivity index (χ0) is 18.5. The SMILES string of the molecule is Clc1cccc(C(CN2CCOCC2)(c2cccnc2)c2cccnc2)c1. The topological polar surface area (TPSA) is 38.2 Å². The first-order valence-corrected chi connectivity index (χ1v) is 9.54. The lowest BCUT2D eigenvalue weighted by Gasteiger charge is -2.41. The fourth-order valence-corrected chi connectivity index (χ4v) is 4.04. The van der Waals surface area contributed by atoms with E-state index in [0.717, 1.165) is 54.6 Å². The Hall–Kier alpha value is -2.27. The standard InChI is InChI=1S/C22H22ClN3O/c23-21-7-1-4-18(14-21)22(19-5-2-8-24-15-19,20-6-3-9-25-16-20)17-26-10-12-27-13-11-26/h1-9,14-16H,10-13,17H2. The summed E-state index contributed by atoms with van der Waals surface area (Å²) in [6.07, 6.45) is 7.52. The molecule has 0 amide bonds. The van der Waals surface area contributed by atoms with E-state index in [0.29, 0.717) is 0 Å². The van der Waals surface area contributed by atoms with Gasteiger partial charge in [0.05, 0.1) is 18.6 Å². The molecule has 0 radical (unpaired) electrons. The molecule has 0 atom stereocenters. The van der Waals surface area contributed by atoms with E-state index in [-0.39, 0.29) is 0 Å². The zero-order valence-corrected chi connectivity index (χ0v) is 15.8. The highest BCUT2D eigenvalue weighted by Crippen LogP contribution is 2.40. The number of halogens is 1. The number of hydrogen-bond donors (Lipinski definition) is 0. The molecular formula is C22H22ClN3O. The number of morpholine rings is 1. The molecule has 1 saturated heterocycles. The molecule has 3 heterocycles. The molecule has 27 heavy (non-hydrogen) atoms. The van der Waals surface area contributed by atoms with Gasteiger partial charge in [0.1, 0.15) is 0 Å². The molecule has 4 nitrogen and oxygen atoms in total. The molecule has 3 aromatic rings. The Labute approximate surface area is 164 Å². The maximum atomic E-state index is 6.40. The Morgan fingerprint density at radius 2 is 1.52 bits per heavy atom. The molecule has 5 heteroatoms. The highest BCUT2D eigenvalue weighted by atomic mass is 35.5. The summed E-state index contributed by atoms with van der Waals surface area (Å²) in [4.78, 5) is 11.3. The van der Waals surface area contributed by atoms with Crippen LogP contribution in [-0.4, -0.2) is 47.7 Å². The number of ether oxygens (including phenoxy) is 1. The molecule has 0 N–H and O–H groups in total. The van der Waals surface area contributed by atoms with Gasteiger partial charge in [-0.3, -0.25) is 14.9 Å². The summed E-state index contributed by atoms with van der Waals surface area (Å²) in [7, 11) is 0. The largest absolute Gasteiger partial charge is 0.379 e. The summed E-state index contributed by atoms with van der Waals surface area (Å²) in [6, 6.07) is 16.4. The summed E-state index contributed by atoms with van der Waals surface area (Å²) in [6.45, 7) is 4.14. The molecule has 0 unspecified atom stereocenters. The van der Waals surface area contributed by atoms with E-state index in [4.69, 9.17) is 16.3 Å². The number of pyridine rings is 2. The van der Waals surface area contributed by atoms with Gasteiger partial charge in [-0.1, -0.05) is 35.9 Å².